The van der Waals surface area contributed by atoms with Crippen molar-refractivity contribution in [2.45, 2.75) is 30.8 Å². The average molecular weight is 451 g/mol. The van der Waals surface area contributed by atoms with Gasteiger partial charge in [0.25, 0.3) is 0 Å². The van der Waals surface area contributed by atoms with Gasteiger partial charge in [-0.15, -0.1) is 11.8 Å². The number of nitrogens with zero attached hydrogens (tertiary/aromatic N) is 1. The molecular formula is C26H27FN2O2S. The average Bonchev–Trinajstić information content (AvgIpc) is 2.82. The molecule has 2 amide bonds. The van der Waals surface area contributed by atoms with Crippen LogP contribution >= 0.6 is 11.8 Å². The number of amides is 2. The lowest BCUT2D eigenvalue weighted by molar-refractivity contribution is -0.139. The van der Waals surface area contributed by atoms with E-state index in [2.05, 4.69) is 5.32 Å². The Bertz CT molecular complexity index is 1040. The summed E-state index contributed by atoms with van der Waals surface area (Å²) in [5, 5.41) is 2.67. The topological polar surface area (TPSA) is 49.4 Å². The molecule has 1 N–H and O–H groups in total. The number of hydrogen-bond acceptors (Lipinski definition) is 3. The number of aryl methyl sites for hydroxylation is 1. The maximum Gasteiger partial charge on any atom is 0.242 e. The van der Waals surface area contributed by atoms with Crippen LogP contribution in [0, 0.1) is 12.7 Å². The summed E-state index contributed by atoms with van der Waals surface area (Å²) in [7, 11) is 1.55. The number of hydrogen-bond donors (Lipinski definition) is 1. The predicted octanol–water partition coefficient (Wildman–Crippen LogP) is 4.61. The van der Waals surface area contributed by atoms with Gasteiger partial charge in [-0.2, -0.15) is 0 Å². The molecule has 0 bridgehead atoms. The summed E-state index contributed by atoms with van der Waals surface area (Å²) < 4.78 is 14.4. The number of nitrogens with one attached hydrogen (secondary N) is 1. The lowest BCUT2D eigenvalue weighted by Gasteiger charge is -2.31. The molecule has 3 aromatic rings. The van der Waals surface area contributed by atoms with Crippen LogP contribution in [0.3, 0.4) is 0 Å². The first-order chi connectivity index (χ1) is 15.5. The molecule has 0 aliphatic carbocycles. The quantitative estimate of drug-likeness (QED) is 0.484. The van der Waals surface area contributed by atoms with Crippen LogP contribution in [-0.4, -0.2) is 35.6 Å². The van der Waals surface area contributed by atoms with Gasteiger partial charge in [-0.1, -0.05) is 66.2 Å². The Labute approximate surface area is 192 Å². The van der Waals surface area contributed by atoms with Crippen LogP contribution in [-0.2, 0) is 22.6 Å². The summed E-state index contributed by atoms with van der Waals surface area (Å²) in [6.45, 7) is 2.03. The highest BCUT2D eigenvalue weighted by Gasteiger charge is 2.30. The normalized spacial score (nSPS) is 11.6. The van der Waals surface area contributed by atoms with Gasteiger partial charge in [-0.3, -0.25) is 9.59 Å². The summed E-state index contributed by atoms with van der Waals surface area (Å²) in [4.78, 5) is 28.7. The lowest BCUT2D eigenvalue weighted by atomic mass is 10.0. The lowest BCUT2D eigenvalue weighted by Crippen LogP contribution is -2.50. The van der Waals surface area contributed by atoms with Crippen LogP contribution in [0.4, 0.5) is 4.39 Å². The van der Waals surface area contributed by atoms with Crippen molar-refractivity contribution in [1.82, 2.24) is 10.2 Å². The van der Waals surface area contributed by atoms with E-state index in [1.807, 2.05) is 61.5 Å². The van der Waals surface area contributed by atoms with Gasteiger partial charge in [0, 0.05) is 30.5 Å². The molecule has 166 valence electrons. The fourth-order valence-electron chi connectivity index (χ4n) is 3.39. The van der Waals surface area contributed by atoms with E-state index in [4.69, 9.17) is 0 Å². The van der Waals surface area contributed by atoms with Gasteiger partial charge >= 0.3 is 0 Å². The maximum atomic E-state index is 14.4. The number of carbonyl (C=O) groups excluding carboxylic acids is 2. The van der Waals surface area contributed by atoms with Gasteiger partial charge in [-0.05, 0) is 30.7 Å². The molecule has 4 nitrogen and oxygen atoms in total. The number of likely N-dealkylation sites (N-methyl/N-ethyl adjacent to an activating group) is 1. The second kappa shape index (κ2) is 11.5. The Kier molecular flexibility index (Phi) is 8.45. The van der Waals surface area contributed by atoms with Crippen molar-refractivity contribution < 1.29 is 14.0 Å². The van der Waals surface area contributed by atoms with Crippen molar-refractivity contribution in [2.75, 3.05) is 12.8 Å². The number of thioether (sulfide) groups is 1. The standard InChI is InChI=1S/C26H27FN2O2S/c1-19-12-14-22(15-13-19)32-18-25(30)29(17-21-10-6-7-11-23(21)27)24(26(31)28-2)16-20-8-4-3-5-9-20/h3-15,24H,16-18H2,1-2H3,(H,28,31). The first kappa shape index (κ1) is 23.5. The zero-order valence-electron chi connectivity index (χ0n) is 18.3. The first-order valence-corrected chi connectivity index (χ1v) is 11.4. The second-order valence-corrected chi connectivity index (χ2v) is 8.58. The predicted molar refractivity (Wildman–Crippen MR) is 127 cm³/mol. The highest BCUT2D eigenvalue weighted by Crippen LogP contribution is 2.22. The third-order valence-electron chi connectivity index (χ3n) is 5.20. The molecule has 1 unspecified atom stereocenters. The molecule has 0 saturated heterocycles. The summed E-state index contributed by atoms with van der Waals surface area (Å²) in [5.41, 5.74) is 2.45. The molecule has 1 atom stereocenters. The molecule has 0 aliphatic rings. The Morgan fingerprint density at radius 3 is 2.28 bits per heavy atom. The van der Waals surface area contributed by atoms with Gasteiger partial charge in [0.05, 0.1) is 5.75 Å². The minimum Gasteiger partial charge on any atom is -0.357 e. The molecule has 0 aromatic heterocycles. The van der Waals surface area contributed by atoms with E-state index in [9.17, 15) is 14.0 Å². The molecule has 32 heavy (non-hydrogen) atoms. The zero-order chi connectivity index (χ0) is 22.9. The van der Waals surface area contributed by atoms with Crippen LogP contribution in [0.15, 0.2) is 83.8 Å². The largest absolute Gasteiger partial charge is 0.357 e. The summed E-state index contributed by atoms with van der Waals surface area (Å²) in [6.07, 6.45) is 0.343. The first-order valence-electron chi connectivity index (χ1n) is 10.5. The van der Waals surface area contributed by atoms with Crippen LogP contribution in [0.1, 0.15) is 16.7 Å². The number of carbonyl (C=O) groups is 2. The van der Waals surface area contributed by atoms with E-state index < -0.39 is 11.9 Å². The van der Waals surface area contributed by atoms with Crippen molar-refractivity contribution in [3.05, 3.63) is 101 Å². The summed E-state index contributed by atoms with van der Waals surface area (Å²) in [6, 6.07) is 23.0. The SMILES string of the molecule is CNC(=O)C(Cc1ccccc1)N(Cc1ccccc1F)C(=O)CSc1ccc(C)cc1. The third kappa shape index (κ3) is 6.44. The van der Waals surface area contributed by atoms with Crippen molar-refractivity contribution >= 4 is 23.6 Å². The Balaban J connectivity index is 1.87. The van der Waals surface area contributed by atoms with Crippen molar-refractivity contribution in [1.29, 1.82) is 0 Å². The third-order valence-corrected chi connectivity index (χ3v) is 6.20. The highest BCUT2D eigenvalue weighted by molar-refractivity contribution is 8.00. The molecule has 6 heteroatoms. The monoisotopic (exact) mass is 450 g/mol. The van der Waals surface area contributed by atoms with Gasteiger partial charge < -0.3 is 10.2 Å². The number of rotatable bonds is 9. The molecule has 0 heterocycles. The van der Waals surface area contributed by atoms with Crippen LogP contribution in [0.5, 0.6) is 0 Å². The molecule has 3 rings (SSSR count). The molecule has 0 radical (unpaired) electrons. The Hall–Kier alpha value is -3.12. The minimum atomic E-state index is -0.756. The van der Waals surface area contributed by atoms with Gasteiger partial charge in [0.15, 0.2) is 0 Å². The molecule has 0 saturated carbocycles. The van der Waals surface area contributed by atoms with E-state index in [-0.39, 0.29) is 24.1 Å². The minimum absolute atomic E-state index is 0.0187. The fraction of sp³-hybridized carbons (Fsp3) is 0.231. The number of halogens is 1. The zero-order valence-corrected chi connectivity index (χ0v) is 19.1. The van der Waals surface area contributed by atoms with Gasteiger partial charge in [0.1, 0.15) is 11.9 Å². The van der Waals surface area contributed by atoms with Gasteiger partial charge in [0.2, 0.25) is 11.8 Å². The Morgan fingerprint density at radius 1 is 0.969 bits per heavy atom. The summed E-state index contributed by atoms with van der Waals surface area (Å²) in [5.74, 6) is -0.742. The van der Waals surface area contributed by atoms with E-state index in [1.54, 1.807) is 25.2 Å². The fourth-order valence-corrected chi connectivity index (χ4v) is 4.18. The van der Waals surface area contributed by atoms with E-state index in [1.165, 1.54) is 22.7 Å². The van der Waals surface area contributed by atoms with Crippen LogP contribution < -0.4 is 5.32 Å². The van der Waals surface area contributed by atoms with Crippen molar-refractivity contribution in [3.63, 3.8) is 0 Å². The van der Waals surface area contributed by atoms with E-state index in [0.29, 0.717) is 12.0 Å². The smallest absolute Gasteiger partial charge is 0.242 e. The summed E-state index contributed by atoms with van der Waals surface area (Å²) >= 11 is 1.41. The van der Waals surface area contributed by atoms with Crippen molar-refractivity contribution in [2.24, 2.45) is 0 Å². The molecule has 0 spiro atoms. The number of benzene rings is 3. The molecule has 3 aromatic carbocycles. The Morgan fingerprint density at radius 2 is 1.62 bits per heavy atom. The van der Waals surface area contributed by atoms with E-state index >= 15 is 0 Å². The van der Waals surface area contributed by atoms with Gasteiger partial charge in [-0.25, -0.2) is 4.39 Å². The van der Waals surface area contributed by atoms with Crippen molar-refractivity contribution in [3.8, 4) is 0 Å². The maximum absolute atomic E-state index is 14.4. The molecule has 0 aliphatic heterocycles. The molecular weight excluding hydrogens is 423 g/mol. The second-order valence-electron chi connectivity index (χ2n) is 7.53. The van der Waals surface area contributed by atoms with E-state index in [0.717, 1.165) is 16.0 Å². The van der Waals surface area contributed by atoms with Crippen LogP contribution in [0.2, 0.25) is 0 Å². The highest BCUT2D eigenvalue weighted by atomic mass is 32.2. The molecule has 0 fully saturated rings. The van der Waals surface area contributed by atoms with Crippen LogP contribution in [0.25, 0.3) is 0 Å².